The van der Waals surface area contributed by atoms with Crippen molar-refractivity contribution < 1.29 is 19.1 Å². The Morgan fingerprint density at radius 2 is 1.74 bits per heavy atom. The van der Waals surface area contributed by atoms with Crippen LogP contribution in [0.5, 0.6) is 5.75 Å². The van der Waals surface area contributed by atoms with E-state index in [1.165, 1.54) is 18.4 Å². The summed E-state index contributed by atoms with van der Waals surface area (Å²) in [4.78, 5) is 29.4. The number of hydrogen-bond donors (Lipinski definition) is 1. The fourth-order valence-corrected chi connectivity index (χ4v) is 3.89. The Labute approximate surface area is 162 Å². The van der Waals surface area contributed by atoms with Crippen LogP contribution in [0.2, 0.25) is 0 Å². The van der Waals surface area contributed by atoms with Gasteiger partial charge < -0.3 is 19.3 Å². The molecular formula is C19H23N3O4S. The Morgan fingerprint density at radius 3 is 2.33 bits per heavy atom. The van der Waals surface area contributed by atoms with Gasteiger partial charge >= 0.3 is 12.0 Å². The van der Waals surface area contributed by atoms with E-state index in [2.05, 4.69) is 10.2 Å². The number of thiophene rings is 1. The summed E-state index contributed by atoms with van der Waals surface area (Å²) in [5.41, 5.74) is 1.50. The maximum Gasteiger partial charge on any atom is 0.340 e. The van der Waals surface area contributed by atoms with E-state index >= 15 is 0 Å². The highest BCUT2D eigenvalue weighted by Crippen LogP contribution is 2.28. The molecule has 1 aliphatic heterocycles. The van der Waals surface area contributed by atoms with Crippen LogP contribution >= 0.6 is 11.3 Å². The molecule has 0 saturated carbocycles. The van der Waals surface area contributed by atoms with Crippen molar-refractivity contribution in [2.24, 2.45) is 0 Å². The second-order valence-corrected chi connectivity index (χ2v) is 7.45. The Balaban J connectivity index is 1.59. The molecule has 144 valence electrons. The number of nitrogens with zero attached hydrogens (tertiary/aromatic N) is 2. The predicted molar refractivity (Wildman–Crippen MR) is 106 cm³/mol. The number of anilines is 2. The number of hydrogen-bond acceptors (Lipinski definition) is 6. The van der Waals surface area contributed by atoms with Crippen LogP contribution in [0, 0.1) is 6.92 Å². The first kappa shape index (κ1) is 19.0. The van der Waals surface area contributed by atoms with Gasteiger partial charge in [0.1, 0.15) is 10.8 Å². The molecule has 0 unspecified atom stereocenters. The second kappa shape index (κ2) is 8.30. The van der Waals surface area contributed by atoms with Gasteiger partial charge in [-0.15, -0.1) is 11.3 Å². The van der Waals surface area contributed by atoms with Crippen molar-refractivity contribution in [1.29, 1.82) is 0 Å². The molecule has 2 heterocycles. The summed E-state index contributed by atoms with van der Waals surface area (Å²) in [6, 6.07) is 9.44. The third-order valence-corrected chi connectivity index (χ3v) is 5.45. The number of ether oxygens (including phenoxy) is 2. The largest absolute Gasteiger partial charge is 0.497 e. The smallest absolute Gasteiger partial charge is 0.340 e. The van der Waals surface area contributed by atoms with Crippen molar-refractivity contribution in [2.75, 3.05) is 50.6 Å². The van der Waals surface area contributed by atoms with Gasteiger partial charge in [0.2, 0.25) is 0 Å². The zero-order valence-corrected chi connectivity index (χ0v) is 16.5. The van der Waals surface area contributed by atoms with E-state index < -0.39 is 5.97 Å². The number of amides is 2. The molecule has 0 spiro atoms. The number of urea groups is 1. The average molecular weight is 389 g/mol. The van der Waals surface area contributed by atoms with Crippen LogP contribution in [-0.4, -0.2) is 57.3 Å². The van der Waals surface area contributed by atoms with Crippen LogP contribution in [0.15, 0.2) is 30.3 Å². The summed E-state index contributed by atoms with van der Waals surface area (Å²) in [5, 5.41) is 3.39. The number of methoxy groups -OCH3 is 2. The predicted octanol–water partition coefficient (Wildman–Crippen LogP) is 3.21. The van der Waals surface area contributed by atoms with E-state index in [1.807, 2.05) is 31.2 Å². The van der Waals surface area contributed by atoms with Gasteiger partial charge in [-0.2, -0.15) is 0 Å². The van der Waals surface area contributed by atoms with Crippen molar-refractivity contribution in [3.05, 3.63) is 40.8 Å². The summed E-state index contributed by atoms with van der Waals surface area (Å²) in [7, 11) is 2.98. The Hall–Kier alpha value is -2.74. The zero-order chi connectivity index (χ0) is 19.4. The minimum atomic E-state index is -0.445. The lowest BCUT2D eigenvalue weighted by molar-refractivity contribution is 0.0602. The van der Waals surface area contributed by atoms with Crippen molar-refractivity contribution >= 4 is 34.0 Å². The molecular weight excluding hydrogens is 366 g/mol. The maximum atomic E-state index is 12.6. The normalized spacial score (nSPS) is 14.0. The third-order valence-electron chi connectivity index (χ3n) is 4.49. The third kappa shape index (κ3) is 4.33. The van der Waals surface area contributed by atoms with E-state index in [0.29, 0.717) is 23.7 Å². The first-order chi connectivity index (χ1) is 13.0. The minimum absolute atomic E-state index is 0.198. The summed E-state index contributed by atoms with van der Waals surface area (Å²) in [6.07, 6.45) is 0. The van der Waals surface area contributed by atoms with E-state index in [4.69, 9.17) is 9.47 Å². The van der Waals surface area contributed by atoms with Crippen LogP contribution < -0.4 is 15.0 Å². The van der Waals surface area contributed by atoms with Gasteiger partial charge in [-0.25, -0.2) is 9.59 Å². The molecule has 2 aromatic rings. The van der Waals surface area contributed by atoms with Gasteiger partial charge in [-0.1, -0.05) is 0 Å². The van der Waals surface area contributed by atoms with Crippen LogP contribution in [0.3, 0.4) is 0 Å². The summed E-state index contributed by atoms with van der Waals surface area (Å²) >= 11 is 1.37. The molecule has 1 aromatic heterocycles. The molecule has 1 saturated heterocycles. The number of benzene rings is 1. The minimum Gasteiger partial charge on any atom is -0.497 e. The molecule has 0 aliphatic carbocycles. The lowest BCUT2D eigenvalue weighted by Gasteiger charge is -2.36. The van der Waals surface area contributed by atoms with Crippen LogP contribution in [0.4, 0.5) is 15.5 Å². The summed E-state index contributed by atoms with van der Waals surface area (Å²) in [5.74, 6) is 0.378. The molecule has 1 aliphatic rings. The average Bonchev–Trinajstić information content (AvgIpc) is 3.07. The van der Waals surface area contributed by atoms with E-state index in [1.54, 1.807) is 18.1 Å². The monoisotopic (exact) mass is 389 g/mol. The van der Waals surface area contributed by atoms with E-state index in [-0.39, 0.29) is 6.03 Å². The van der Waals surface area contributed by atoms with E-state index in [9.17, 15) is 9.59 Å². The quantitative estimate of drug-likeness (QED) is 0.813. The van der Waals surface area contributed by atoms with Gasteiger partial charge in [-0.05, 0) is 37.3 Å². The molecule has 7 nitrogen and oxygen atoms in total. The van der Waals surface area contributed by atoms with Gasteiger partial charge in [0.05, 0.1) is 19.8 Å². The van der Waals surface area contributed by atoms with Crippen molar-refractivity contribution in [3.8, 4) is 5.75 Å². The first-order valence-electron chi connectivity index (χ1n) is 8.65. The molecule has 1 N–H and O–H groups in total. The van der Waals surface area contributed by atoms with Gasteiger partial charge in [0, 0.05) is 36.7 Å². The lowest BCUT2D eigenvalue weighted by atomic mass is 10.2. The second-order valence-electron chi connectivity index (χ2n) is 6.19. The van der Waals surface area contributed by atoms with Crippen LogP contribution in [-0.2, 0) is 4.74 Å². The van der Waals surface area contributed by atoms with Gasteiger partial charge in [0.25, 0.3) is 0 Å². The van der Waals surface area contributed by atoms with E-state index in [0.717, 1.165) is 29.4 Å². The number of carbonyl (C=O) groups is 2. The molecule has 1 fully saturated rings. The highest BCUT2D eigenvalue weighted by molar-refractivity contribution is 7.16. The van der Waals surface area contributed by atoms with Crippen molar-refractivity contribution in [3.63, 3.8) is 0 Å². The van der Waals surface area contributed by atoms with Crippen molar-refractivity contribution in [2.45, 2.75) is 6.92 Å². The van der Waals surface area contributed by atoms with Gasteiger partial charge in [0.15, 0.2) is 0 Å². The lowest BCUT2D eigenvalue weighted by Crippen LogP contribution is -2.50. The fraction of sp³-hybridized carbons (Fsp3) is 0.368. The number of carbonyl (C=O) groups excluding carboxylic acids is 2. The number of nitrogens with one attached hydrogen (secondary N) is 1. The maximum absolute atomic E-state index is 12.6. The topological polar surface area (TPSA) is 71.1 Å². The molecule has 0 atom stereocenters. The standard InChI is InChI=1S/C19H23N3O4S/c1-13-12-16(18(23)26-3)17(27-13)20-19(24)22-10-8-21(9-11-22)14-4-6-15(25-2)7-5-14/h4-7,12H,8-11H2,1-3H3,(H,20,24). The Bertz CT molecular complexity index is 811. The number of piperazine rings is 1. The van der Waals surface area contributed by atoms with Gasteiger partial charge in [-0.3, -0.25) is 5.32 Å². The highest BCUT2D eigenvalue weighted by Gasteiger charge is 2.24. The zero-order valence-electron chi connectivity index (χ0n) is 15.7. The van der Waals surface area contributed by atoms with Crippen molar-refractivity contribution in [1.82, 2.24) is 4.90 Å². The molecule has 0 radical (unpaired) electrons. The van der Waals surface area contributed by atoms with Crippen LogP contribution in [0.25, 0.3) is 0 Å². The Morgan fingerprint density at radius 1 is 1.07 bits per heavy atom. The molecule has 27 heavy (non-hydrogen) atoms. The Kier molecular flexibility index (Phi) is 5.85. The first-order valence-corrected chi connectivity index (χ1v) is 9.47. The fourth-order valence-electron chi connectivity index (χ4n) is 3.01. The SMILES string of the molecule is COC(=O)c1cc(C)sc1NC(=O)N1CCN(c2ccc(OC)cc2)CC1. The number of esters is 1. The summed E-state index contributed by atoms with van der Waals surface area (Å²) < 4.78 is 9.97. The van der Waals surface area contributed by atoms with Crippen LogP contribution in [0.1, 0.15) is 15.2 Å². The number of aryl methyl sites for hydroxylation is 1. The highest BCUT2D eigenvalue weighted by atomic mass is 32.1. The molecule has 1 aromatic carbocycles. The molecule has 8 heteroatoms. The number of rotatable bonds is 4. The summed E-state index contributed by atoms with van der Waals surface area (Å²) in [6.45, 7) is 4.59. The molecule has 0 bridgehead atoms. The molecule has 2 amide bonds. The molecule has 3 rings (SSSR count).